The van der Waals surface area contributed by atoms with Crippen LogP contribution < -0.4 is 14.9 Å². The van der Waals surface area contributed by atoms with E-state index in [0.29, 0.717) is 45.9 Å². The monoisotopic (exact) mass is 442 g/mol. The van der Waals surface area contributed by atoms with Crippen LogP contribution in [0.15, 0.2) is 71.8 Å². The molecule has 0 heterocycles. The molecule has 5 nitrogen and oxygen atoms in total. The molecule has 1 amide bonds. The number of carbonyl (C=O) groups is 1. The fourth-order valence-electron chi connectivity index (χ4n) is 2.59. The molecule has 0 atom stereocenters. The van der Waals surface area contributed by atoms with Gasteiger partial charge >= 0.3 is 0 Å². The van der Waals surface area contributed by atoms with E-state index in [0.717, 1.165) is 5.56 Å². The number of hydrazone groups is 1. The molecule has 0 saturated carbocycles. The SMILES string of the molecule is CCOc1ccc(C(=O)N/N=C/c2cc(Cl)ccc2OCc2ccc(Cl)cc2)cc1. The molecule has 154 valence electrons. The smallest absolute Gasteiger partial charge is 0.271 e. The van der Waals surface area contributed by atoms with Gasteiger partial charge in [-0.05, 0) is 67.1 Å². The normalized spacial score (nSPS) is 10.8. The van der Waals surface area contributed by atoms with Gasteiger partial charge in [-0.3, -0.25) is 4.79 Å². The Morgan fingerprint density at radius 1 is 0.967 bits per heavy atom. The zero-order valence-electron chi connectivity index (χ0n) is 16.3. The lowest BCUT2D eigenvalue weighted by atomic mass is 10.2. The number of nitrogens with one attached hydrogen (secondary N) is 1. The lowest BCUT2D eigenvalue weighted by Crippen LogP contribution is -2.17. The molecule has 0 aliphatic carbocycles. The Balaban J connectivity index is 1.64. The highest BCUT2D eigenvalue weighted by atomic mass is 35.5. The number of hydrogen-bond donors (Lipinski definition) is 1. The summed E-state index contributed by atoms with van der Waals surface area (Å²) in [5.41, 5.74) is 4.59. The number of ether oxygens (including phenoxy) is 2. The summed E-state index contributed by atoms with van der Waals surface area (Å²) >= 11 is 12.0. The molecule has 30 heavy (non-hydrogen) atoms. The standard InChI is InChI=1S/C23H20Cl2N2O3/c1-2-29-21-10-5-17(6-11-21)23(28)27-26-14-18-13-20(25)9-12-22(18)30-15-16-3-7-19(24)8-4-16/h3-14H,2,15H2,1H3,(H,27,28)/b26-14+. The molecule has 0 fully saturated rings. The summed E-state index contributed by atoms with van der Waals surface area (Å²) in [4.78, 5) is 12.3. The highest BCUT2D eigenvalue weighted by molar-refractivity contribution is 6.31. The van der Waals surface area contributed by atoms with Crippen LogP contribution in [-0.2, 0) is 6.61 Å². The van der Waals surface area contributed by atoms with Crippen LogP contribution in [0.2, 0.25) is 10.0 Å². The molecular formula is C23H20Cl2N2O3. The van der Waals surface area contributed by atoms with Gasteiger partial charge in [0.15, 0.2) is 0 Å². The minimum Gasteiger partial charge on any atom is -0.494 e. The van der Waals surface area contributed by atoms with E-state index in [1.807, 2.05) is 19.1 Å². The molecule has 0 radical (unpaired) electrons. The largest absolute Gasteiger partial charge is 0.494 e. The molecular weight excluding hydrogens is 423 g/mol. The Labute approximate surface area is 185 Å². The first kappa shape index (κ1) is 21.7. The van der Waals surface area contributed by atoms with Crippen molar-refractivity contribution in [3.05, 3.63) is 93.5 Å². The molecule has 0 aromatic heterocycles. The van der Waals surface area contributed by atoms with Gasteiger partial charge in [0.1, 0.15) is 18.1 Å². The van der Waals surface area contributed by atoms with Crippen molar-refractivity contribution in [2.45, 2.75) is 13.5 Å². The maximum Gasteiger partial charge on any atom is 0.271 e. The van der Waals surface area contributed by atoms with Crippen LogP contribution >= 0.6 is 23.2 Å². The zero-order chi connectivity index (χ0) is 21.3. The van der Waals surface area contributed by atoms with Crippen molar-refractivity contribution < 1.29 is 14.3 Å². The van der Waals surface area contributed by atoms with Gasteiger partial charge < -0.3 is 9.47 Å². The van der Waals surface area contributed by atoms with Crippen molar-refractivity contribution >= 4 is 35.3 Å². The molecule has 1 N–H and O–H groups in total. The number of rotatable bonds is 8. The Morgan fingerprint density at radius 2 is 1.67 bits per heavy atom. The number of benzene rings is 3. The maximum absolute atomic E-state index is 12.3. The highest BCUT2D eigenvalue weighted by Crippen LogP contribution is 2.23. The first-order valence-electron chi connectivity index (χ1n) is 9.28. The van der Waals surface area contributed by atoms with Crippen LogP contribution in [0.25, 0.3) is 0 Å². The van der Waals surface area contributed by atoms with Crippen molar-refractivity contribution in [2.24, 2.45) is 5.10 Å². The van der Waals surface area contributed by atoms with E-state index in [1.165, 1.54) is 6.21 Å². The summed E-state index contributed by atoms with van der Waals surface area (Å²) in [6.07, 6.45) is 1.50. The van der Waals surface area contributed by atoms with E-state index in [4.69, 9.17) is 32.7 Å². The number of halogens is 2. The zero-order valence-corrected chi connectivity index (χ0v) is 17.8. The predicted molar refractivity (Wildman–Crippen MR) is 120 cm³/mol. The van der Waals surface area contributed by atoms with E-state index in [9.17, 15) is 4.79 Å². The van der Waals surface area contributed by atoms with E-state index in [2.05, 4.69) is 10.5 Å². The third-order valence-corrected chi connectivity index (χ3v) is 4.56. The Bertz CT molecular complexity index is 1020. The quantitative estimate of drug-likeness (QED) is 0.357. The van der Waals surface area contributed by atoms with Crippen LogP contribution in [0.4, 0.5) is 0 Å². The predicted octanol–water partition coefficient (Wildman–Crippen LogP) is 5.74. The van der Waals surface area contributed by atoms with Crippen LogP contribution in [0, 0.1) is 0 Å². The average Bonchev–Trinajstić information content (AvgIpc) is 2.75. The molecule has 0 saturated heterocycles. The van der Waals surface area contributed by atoms with E-state index in [1.54, 1.807) is 54.6 Å². The van der Waals surface area contributed by atoms with Gasteiger partial charge in [-0.15, -0.1) is 0 Å². The van der Waals surface area contributed by atoms with Gasteiger partial charge in [-0.2, -0.15) is 5.10 Å². The molecule has 0 unspecified atom stereocenters. The van der Waals surface area contributed by atoms with Gasteiger partial charge in [0, 0.05) is 21.2 Å². The molecule has 7 heteroatoms. The van der Waals surface area contributed by atoms with Gasteiger partial charge in [0.2, 0.25) is 0 Å². The number of amides is 1. The molecule has 0 aliphatic heterocycles. The minimum atomic E-state index is -0.333. The third kappa shape index (κ3) is 6.24. The molecule has 3 rings (SSSR count). The van der Waals surface area contributed by atoms with Crippen molar-refractivity contribution in [3.8, 4) is 11.5 Å². The molecule has 0 bridgehead atoms. The van der Waals surface area contributed by atoms with Crippen molar-refractivity contribution in [1.29, 1.82) is 0 Å². The van der Waals surface area contributed by atoms with Crippen LogP contribution in [0.1, 0.15) is 28.4 Å². The Hall–Kier alpha value is -3.02. The second-order valence-electron chi connectivity index (χ2n) is 6.25. The Morgan fingerprint density at radius 3 is 2.37 bits per heavy atom. The van der Waals surface area contributed by atoms with Crippen LogP contribution in [0.5, 0.6) is 11.5 Å². The highest BCUT2D eigenvalue weighted by Gasteiger charge is 2.06. The minimum absolute atomic E-state index is 0.333. The molecule has 3 aromatic carbocycles. The third-order valence-electron chi connectivity index (χ3n) is 4.08. The van der Waals surface area contributed by atoms with Gasteiger partial charge in [0.25, 0.3) is 5.91 Å². The second kappa shape index (κ2) is 10.7. The average molecular weight is 443 g/mol. The van der Waals surface area contributed by atoms with E-state index in [-0.39, 0.29) is 5.91 Å². The lowest BCUT2D eigenvalue weighted by Gasteiger charge is -2.10. The summed E-state index contributed by atoms with van der Waals surface area (Å²) in [5, 5.41) is 5.24. The van der Waals surface area contributed by atoms with Crippen LogP contribution in [-0.4, -0.2) is 18.7 Å². The van der Waals surface area contributed by atoms with Crippen molar-refractivity contribution in [2.75, 3.05) is 6.61 Å². The summed E-state index contributed by atoms with van der Waals surface area (Å²) in [7, 11) is 0. The van der Waals surface area contributed by atoms with Gasteiger partial charge in [0.05, 0.1) is 12.8 Å². The Kier molecular flexibility index (Phi) is 7.71. The first-order valence-corrected chi connectivity index (χ1v) is 10.0. The van der Waals surface area contributed by atoms with Crippen molar-refractivity contribution in [1.82, 2.24) is 5.43 Å². The fraction of sp³-hybridized carbons (Fsp3) is 0.130. The maximum atomic E-state index is 12.3. The van der Waals surface area contributed by atoms with E-state index < -0.39 is 0 Å². The van der Waals surface area contributed by atoms with Gasteiger partial charge in [-0.1, -0.05) is 35.3 Å². The topological polar surface area (TPSA) is 59.9 Å². The summed E-state index contributed by atoms with van der Waals surface area (Å²) in [6, 6.07) is 19.4. The number of carbonyl (C=O) groups excluding carboxylic acids is 1. The van der Waals surface area contributed by atoms with Crippen LogP contribution in [0.3, 0.4) is 0 Å². The lowest BCUT2D eigenvalue weighted by molar-refractivity contribution is 0.0955. The van der Waals surface area contributed by atoms with E-state index >= 15 is 0 Å². The fourth-order valence-corrected chi connectivity index (χ4v) is 2.89. The molecule has 0 spiro atoms. The summed E-state index contributed by atoms with van der Waals surface area (Å²) in [6.45, 7) is 2.83. The second-order valence-corrected chi connectivity index (χ2v) is 7.13. The summed E-state index contributed by atoms with van der Waals surface area (Å²) < 4.78 is 11.2. The van der Waals surface area contributed by atoms with Crippen molar-refractivity contribution in [3.63, 3.8) is 0 Å². The molecule has 3 aromatic rings. The first-order chi connectivity index (χ1) is 14.5. The number of hydrogen-bond acceptors (Lipinski definition) is 4. The molecule has 0 aliphatic rings. The van der Waals surface area contributed by atoms with Gasteiger partial charge in [-0.25, -0.2) is 5.43 Å². The number of nitrogens with zero attached hydrogens (tertiary/aromatic N) is 1. The summed E-state index contributed by atoms with van der Waals surface area (Å²) in [5.74, 6) is 0.965.